The van der Waals surface area contributed by atoms with Crippen molar-refractivity contribution in [2.45, 2.75) is 51.0 Å². The first-order valence-corrected chi connectivity index (χ1v) is 13.2. The Kier molecular flexibility index (Phi) is 4.70. The Labute approximate surface area is 223 Å². The molecule has 0 amide bonds. The molecule has 0 saturated heterocycles. The molecule has 0 aromatic carbocycles. The van der Waals surface area contributed by atoms with E-state index in [-0.39, 0.29) is 5.41 Å². The molecule has 39 heavy (non-hydrogen) atoms. The molecule has 3 aliphatic rings. The summed E-state index contributed by atoms with van der Waals surface area (Å²) in [7, 11) is 0. The van der Waals surface area contributed by atoms with Gasteiger partial charge >= 0.3 is 0 Å². The number of nitrogens with one attached hydrogen (secondary N) is 2. The summed E-state index contributed by atoms with van der Waals surface area (Å²) >= 11 is 0. The van der Waals surface area contributed by atoms with Gasteiger partial charge in [0.1, 0.15) is 18.3 Å². The Morgan fingerprint density at radius 1 is 1.10 bits per heavy atom. The van der Waals surface area contributed by atoms with Gasteiger partial charge in [-0.2, -0.15) is 5.10 Å². The fourth-order valence-electron chi connectivity index (χ4n) is 6.42. The molecule has 9 rings (SSSR count). The van der Waals surface area contributed by atoms with E-state index < -0.39 is 5.67 Å². The molecule has 0 aliphatic heterocycles. The van der Waals surface area contributed by atoms with E-state index in [0.717, 1.165) is 51.0 Å². The van der Waals surface area contributed by atoms with Gasteiger partial charge in [-0.15, -0.1) is 0 Å². The number of hydrogen-bond donors (Lipinski definition) is 2. The van der Waals surface area contributed by atoms with Crippen molar-refractivity contribution in [3.63, 3.8) is 0 Å². The van der Waals surface area contributed by atoms with Crippen molar-refractivity contribution in [2.75, 3.05) is 0 Å². The molecule has 3 fully saturated rings. The number of halogens is 1. The molecular formula is C29H27FN8O. The number of fused-ring (bicyclic) bond motifs is 2. The standard InChI is InChI=1S/C29H27FN8O/c1-18(28-14-29(30,15-28)16-28)32-9-22-4-20-8-33-23(6-25(20)35-22)11-37-17-34-27(36-37)21-5-24(10-31-7-21)38-3-2-19-12-39-13-26(19)38/h2-8,10,12-13,17-18,32,35H,9,11,14-16H2,1H3. The van der Waals surface area contributed by atoms with Crippen LogP contribution < -0.4 is 5.32 Å². The monoisotopic (exact) mass is 522 g/mol. The van der Waals surface area contributed by atoms with Crippen LogP contribution >= 0.6 is 0 Å². The van der Waals surface area contributed by atoms with Crippen LogP contribution in [0.15, 0.2) is 72.3 Å². The third kappa shape index (κ3) is 3.69. The molecule has 0 radical (unpaired) electrons. The van der Waals surface area contributed by atoms with E-state index in [1.807, 2.05) is 35.3 Å². The highest BCUT2D eigenvalue weighted by Gasteiger charge is 2.70. The largest absolute Gasteiger partial charge is 0.470 e. The van der Waals surface area contributed by atoms with Crippen LogP contribution in [0.2, 0.25) is 0 Å². The van der Waals surface area contributed by atoms with Crippen LogP contribution in [0.1, 0.15) is 37.6 Å². The van der Waals surface area contributed by atoms with Gasteiger partial charge in [-0.25, -0.2) is 14.1 Å². The summed E-state index contributed by atoms with van der Waals surface area (Å²) in [5.41, 5.74) is 5.05. The second-order valence-electron chi connectivity index (χ2n) is 11.3. The number of alkyl halides is 1. The summed E-state index contributed by atoms with van der Waals surface area (Å²) in [5, 5.41) is 10.4. The lowest BCUT2D eigenvalue weighted by Gasteiger charge is -2.68. The summed E-state index contributed by atoms with van der Waals surface area (Å²) < 4.78 is 23.0. The Balaban J connectivity index is 0.964. The Morgan fingerprint density at radius 2 is 2.00 bits per heavy atom. The van der Waals surface area contributed by atoms with Gasteiger partial charge in [-0.05, 0) is 55.9 Å². The molecule has 9 nitrogen and oxygen atoms in total. The predicted octanol–water partition coefficient (Wildman–Crippen LogP) is 5.17. The maximum absolute atomic E-state index is 13.9. The molecule has 10 heteroatoms. The number of nitrogens with zero attached hydrogens (tertiary/aromatic N) is 6. The molecule has 2 N–H and O–H groups in total. The second-order valence-corrected chi connectivity index (χ2v) is 11.3. The molecule has 6 aromatic heterocycles. The van der Waals surface area contributed by atoms with Crippen molar-refractivity contribution in [3.8, 4) is 17.1 Å². The maximum atomic E-state index is 13.9. The van der Waals surface area contributed by atoms with Crippen LogP contribution in [-0.2, 0) is 13.1 Å². The minimum Gasteiger partial charge on any atom is -0.470 e. The van der Waals surface area contributed by atoms with Gasteiger partial charge in [0.25, 0.3) is 0 Å². The van der Waals surface area contributed by atoms with Crippen molar-refractivity contribution in [3.05, 3.63) is 79.3 Å². The lowest BCUT2D eigenvalue weighted by molar-refractivity contribution is -0.226. The summed E-state index contributed by atoms with van der Waals surface area (Å²) in [6, 6.07) is 8.51. The molecule has 3 aliphatic carbocycles. The molecule has 0 spiro atoms. The van der Waals surface area contributed by atoms with Gasteiger partial charge in [-0.3, -0.25) is 9.97 Å². The minimum atomic E-state index is -0.860. The van der Waals surface area contributed by atoms with Crippen molar-refractivity contribution in [1.82, 2.24) is 39.6 Å². The van der Waals surface area contributed by atoms with Gasteiger partial charge in [0.15, 0.2) is 5.82 Å². The summed E-state index contributed by atoms with van der Waals surface area (Å²) in [6.45, 7) is 3.40. The summed E-state index contributed by atoms with van der Waals surface area (Å²) in [5.74, 6) is 0.603. The van der Waals surface area contributed by atoms with E-state index in [1.165, 1.54) is 0 Å². The highest BCUT2D eigenvalue weighted by atomic mass is 19.1. The topological polar surface area (TPSA) is 102 Å². The molecule has 196 valence electrons. The fraction of sp³-hybridized carbons (Fsp3) is 0.310. The minimum absolute atomic E-state index is 0.165. The lowest BCUT2D eigenvalue weighted by atomic mass is 9.40. The summed E-state index contributed by atoms with van der Waals surface area (Å²) in [4.78, 5) is 17.1. The van der Waals surface area contributed by atoms with E-state index >= 15 is 0 Å². The fourth-order valence-corrected chi connectivity index (χ4v) is 6.42. The second kappa shape index (κ2) is 8.09. The smallest absolute Gasteiger partial charge is 0.182 e. The quantitative estimate of drug-likeness (QED) is 0.286. The van der Waals surface area contributed by atoms with Crippen LogP contribution in [0.3, 0.4) is 0 Å². The first-order valence-electron chi connectivity index (χ1n) is 13.2. The third-order valence-electron chi connectivity index (χ3n) is 8.59. The number of hydrogen-bond acceptors (Lipinski definition) is 6. The van der Waals surface area contributed by atoms with E-state index in [4.69, 9.17) is 4.42 Å². The SMILES string of the molecule is CC(NCc1cc2cnc(Cn3cnc(-c4cncc(-n5ccc6cocc65)c4)n3)cc2[nH]1)C12CC(F)(C1)C2. The highest BCUT2D eigenvalue weighted by molar-refractivity contribution is 5.81. The van der Waals surface area contributed by atoms with Crippen LogP contribution in [-0.4, -0.2) is 46.0 Å². The van der Waals surface area contributed by atoms with E-state index in [2.05, 4.69) is 49.4 Å². The summed E-state index contributed by atoms with van der Waals surface area (Å²) in [6.07, 6.45) is 14.8. The van der Waals surface area contributed by atoms with Crippen molar-refractivity contribution < 1.29 is 8.81 Å². The van der Waals surface area contributed by atoms with Gasteiger partial charge < -0.3 is 19.3 Å². The van der Waals surface area contributed by atoms with Gasteiger partial charge in [0.2, 0.25) is 0 Å². The zero-order valence-electron chi connectivity index (χ0n) is 21.4. The Morgan fingerprint density at radius 3 is 2.87 bits per heavy atom. The maximum Gasteiger partial charge on any atom is 0.182 e. The van der Waals surface area contributed by atoms with Crippen LogP contribution in [0.25, 0.3) is 38.9 Å². The van der Waals surface area contributed by atoms with Crippen molar-refractivity contribution in [1.29, 1.82) is 0 Å². The van der Waals surface area contributed by atoms with Gasteiger partial charge in [0.05, 0.1) is 35.9 Å². The average molecular weight is 523 g/mol. The molecule has 3 saturated carbocycles. The van der Waals surface area contributed by atoms with Gasteiger partial charge in [0, 0.05) is 58.7 Å². The third-order valence-corrected chi connectivity index (χ3v) is 8.59. The molecule has 2 bridgehead atoms. The Hall–Kier alpha value is -4.31. The predicted molar refractivity (Wildman–Crippen MR) is 144 cm³/mol. The van der Waals surface area contributed by atoms with Crippen molar-refractivity contribution in [2.24, 2.45) is 5.41 Å². The number of aromatic nitrogens is 7. The molecule has 1 unspecified atom stereocenters. The molecule has 1 atom stereocenters. The first kappa shape index (κ1) is 22.7. The average Bonchev–Trinajstić information content (AvgIpc) is 3.69. The molecule has 6 aromatic rings. The van der Waals surface area contributed by atoms with E-state index in [9.17, 15) is 4.39 Å². The number of rotatable bonds is 8. The van der Waals surface area contributed by atoms with Gasteiger partial charge in [-0.1, -0.05) is 0 Å². The number of pyridine rings is 2. The highest BCUT2D eigenvalue weighted by Crippen LogP contribution is 2.70. The van der Waals surface area contributed by atoms with E-state index in [0.29, 0.717) is 37.7 Å². The Bertz CT molecular complexity index is 1820. The van der Waals surface area contributed by atoms with Crippen LogP contribution in [0.4, 0.5) is 4.39 Å². The first-order chi connectivity index (χ1) is 19.0. The zero-order chi connectivity index (χ0) is 26.2. The molecule has 6 heterocycles. The van der Waals surface area contributed by atoms with Crippen molar-refractivity contribution >= 4 is 21.8 Å². The molecular weight excluding hydrogens is 495 g/mol. The zero-order valence-corrected chi connectivity index (χ0v) is 21.4. The van der Waals surface area contributed by atoms with E-state index in [1.54, 1.807) is 29.7 Å². The number of aromatic amines is 1. The normalized spacial score (nSPS) is 22.7. The van der Waals surface area contributed by atoms with Crippen LogP contribution in [0, 0.1) is 5.41 Å². The lowest BCUT2D eigenvalue weighted by Crippen LogP contribution is -2.70. The number of H-pyrrole nitrogens is 1. The van der Waals surface area contributed by atoms with Crippen LogP contribution in [0.5, 0.6) is 0 Å². The number of furan rings is 1.